The Kier molecular flexibility index (Phi) is 5.79. The van der Waals surface area contributed by atoms with Crippen LogP contribution in [0.2, 0.25) is 0 Å². The van der Waals surface area contributed by atoms with Gasteiger partial charge < -0.3 is 20.1 Å². The molecule has 3 aromatic rings. The highest BCUT2D eigenvalue weighted by Crippen LogP contribution is 2.28. The summed E-state index contributed by atoms with van der Waals surface area (Å²) >= 11 is 0. The second-order valence-electron chi connectivity index (χ2n) is 7.17. The van der Waals surface area contributed by atoms with Crippen molar-refractivity contribution >= 4 is 17.5 Å². The Hall–Kier alpha value is -3.28. The maximum absolute atomic E-state index is 5.27. The van der Waals surface area contributed by atoms with Crippen LogP contribution in [0, 0.1) is 0 Å². The minimum Gasteiger partial charge on any atom is -0.497 e. The van der Waals surface area contributed by atoms with Crippen molar-refractivity contribution in [2.75, 3.05) is 24.9 Å². The molecule has 1 aromatic heterocycles. The molecule has 1 fully saturated rings. The van der Waals surface area contributed by atoms with E-state index in [0.717, 1.165) is 34.3 Å². The zero-order chi connectivity index (χ0) is 20.1. The Morgan fingerprint density at radius 1 is 0.828 bits per heavy atom. The fourth-order valence-corrected chi connectivity index (χ4v) is 3.57. The molecule has 1 aliphatic carbocycles. The quantitative estimate of drug-likeness (QED) is 0.574. The van der Waals surface area contributed by atoms with Crippen molar-refractivity contribution in [3.63, 3.8) is 0 Å². The smallest absolute Gasteiger partial charge is 0.229 e. The predicted octanol–water partition coefficient (Wildman–Crippen LogP) is 5.26. The molecule has 6 heteroatoms. The summed E-state index contributed by atoms with van der Waals surface area (Å²) in [5.41, 5.74) is 2.78. The average Bonchev–Trinajstić information content (AvgIpc) is 3.27. The summed E-state index contributed by atoms with van der Waals surface area (Å²) in [6.07, 6.45) is 4.91. The van der Waals surface area contributed by atoms with Gasteiger partial charge in [0.15, 0.2) is 0 Å². The summed E-state index contributed by atoms with van der Waals surface area (Å²) in [6.45, 7) is 0. The monoisotopic (exact) mass is 390 g/mol. The van der Waals surface area contributed by atoms with Crippen LogP contribution in [0.25, 0.3) is 11.3 Å². The molecule has 1 aliphatic rings. The van der Waals surface area contributed by atoms with Gasteiger partial charge in [-0.3, -0.25) is 0 Å². The lowest BCUT2D eigenvalue weighted by Gasteiger charge is -2.15. The number of methoxy groups -OCH3 is 2. The molecule has 0 bridgehead atoms. The van der Waals surface area contributed by atoms with Crippen LogP contribution in [-0.2, 0) is 0 Å². The maximum atomic E-state index is 5.27. The number of nitrogens with one attached hydrogen (secondary N) is 2. The molecule has 4 rings (SSSR count). The highest BCUT2D eigenvalue weighted by atomic mass is 16.5. The third kappa shape index (κ3) is 4.77. The minimum absolute atomic E-state index is 0.474. The SMILES string of the molecule is COc1ccc(Nc2nc(NC3CCCC3)cc(-c3ccc(OC)cc3)n2)cc1. The topological polar surface area (TPSA) is 68.3 Å². The number of aromatic nitrogens is 2. The van der Waals surface area contributed by atoms with E-state index in [9.17, 15) is 0 Å². The molecule has 150 valence electrons. The molecule has 0 spiro atoms. The van der Waals surface area contributed by atoms with Crippen molar-refractivity contribution in [2.24, 2.45) is 0 Å². The van der Waals surface area contributed by atoms with Gasteiger partial charge in [-0.1, -0.05) is 12.8 Å². The van der Waals surface area contributed by atoms with Gasteiger partial charge in [-0.15, -0.1) is 0 Å². The van der Waals surface area contributed by atoms with E-state index in [4.69, 9.17) is 19.4 Å². The molecule has 2 N–H and O–H groups in total. The number of hydrogen-bond donors (Lipinski definition) is 2. The molecule has 0 amide bonds. The van der Waals surface area contributed by atoms with Gasteiger partial charge in [-0.05, 0) is 61.4 Å². The molecule has 0 saturated heterocycles. The second kappa shape index (κ2) is 8.82. The Morgan fingerprint density at radius 2 is 1.45 bits per heavy atom. The van der Waals surface area contributed by atoms with Crippen molar-refractivity contribution in [2.45, 2.75) is 31.7 Å². The van der Waals surface area contributed by atoms with Gasteiger partial charge in [-0.2, -0.15) is 4.98 Å². The number of anilines is 3. The molecular formula is C23H26N4O2. The van der Waals surface area contributed by atoms with Crippen LogP contribution in [0.3, 0.4) is 0 Å². The highest BCUT2D eigenvalue weighted by Gasteiger charge is 2.16. The van der Waals surface area contributed by atoms with Crippen LogP contribution in [0.1, 0.15) is 25.7 Å². The van der Waals surface area contributed by atoms with Crippen molar-refractivity contribution < 1.29 is 9.47 Å². The van der Waals surface area contributed by atoms with Gasteiger partial charge in [0, 0.05) is 23.4 Å². The van der Waals surface area contributed by atoms with E-state index in [-0.39, 0.29) is 0 Å². The first-order valence-electron chi connectivity index (χ1n) is 9.94. The maximum Gasteiger partial charge on any atom is 0.229 e. The summed E-state index contributed by atoms with van der Waals surface area (Å²) in [5, 5.41) is 6.89. The first-order valence-corrected chi connectivity index (χ1v) is 9.94. The number of benzene rings is 2. The van der Waals surface area contributed by atoms with Crippen LogP contribution >= 0.6 is 0 Å². The van der Waals surface area contributed by atoms with Gasteiger partial charge in [0.2, 0.25) is 5.95 Å². The molecule has 1 saturated carbocycles. The predicted molar refractivity (Wildman–Crippen MR) is 116 cm³/mol. The van der Waals surface area contributed by atoms with Crippen molar-refractivity contribution in [1.82, 2.24) is 9.97 Å². The van der Waals surface area contributed by atoms with Crippen molar-refractivity contribution in [3.05, 3.63) is 54.6 Å². The molecule has 0 atom stereocenters. The van der Waals surface area contributed by atoms with Crippen LogP contribution in [-0.4, -0.2) is 30.2 Å². The molecule has 6 nitrogen and oxygen atoms in total. The zero-order valence-electron chi connectivity index (χ0n) is 16.8. The molecule has 0 aliphatic heterocycles. The average molecular weight is 390 g/mol. The van der Waals surface area contributed by atoms with Gasteiger partial charge in [0.1, 0.15) is 17.3 Å². The molecular weight excluding hydrogens is 364 g/mol. The van der Waals surface area contributed by atoms with E-state index < -0.39 is 0 Å². The number of ether oxygens (including phenoxy) is 2. The Balaban J connectivity index is 1.64. The van der Waals surface area contributed by atoms with Gasteiger partial charge in [-0.25, -0.2) is 4.98 Å². The number of nitrogens with zero attached hydrogens (tertiary/aromatic N) is 2. The number of hydrogen-bond acceptors (Lipinski definition) is 6. The first-order chi connectivity index (χ1) is 14.2. The Morgan fingerprint density at radius 3 is 2.07 bits per heavy atom. The van der Waals surface area contributed by atoms with Crippen molar-refractivity contribution in [1.29, 1.82) is 0 Å². The normalized spacial score (nSPS) is 13.9. The van der Waals surface area contributed by atoms with Crippen LogP contribution in [0.4, 0.5) is 17.5 Å². The summed E-state index contributed by atoms with van der Waals surface area (Å²) in [4.78, 5) is 9.44. The van der Waals surface area contributed by atoms with E-state index in [1.807, 2.05) is 54.6 Å². The summed E-state index contributed by atoms with van der Waals surface area (Å²) < 4.78 is 10.5. The third-order valence-electron chi connectivity index (χ3n) is 5.17. The fraction of sp³-hybridized carbons (Fsp3) is 0.304. The standard InChI is InChI=1S/C23H26N4O2/c1-28-19-11-7-16(8-12-19)21-15-22(24-17-5-3-4-6-17)27-23(26-21)25-18-9-13-20(29-2)14-10-18/h7-15,17H,3-6H2,1-2H3,(H2,24,25,26,27). The summed E-state index contributed by atoms with van der Waals surface area (Å²) in [7, 11) is 3.32. The zero-order valence-corrected chi connectivity index (χ0v) is 16.8. The fourth-order valence-electron chi connectivity index (χ4n) is 3.57. The van der Waals surface area contributed by atoms with Crippen molar-refractivity contribution in [3.8, 4) is 22.8 Å². The Bertz CT molecular complexity index is 936. The van der Waals surface area contributed by atoms with E-state index in [2.05, 4.69) is 10.6 Å². The lowest BCUT2D eigenvalue weighted by molar-refractivity contribution is 0.415. The van der Waals surface area contributed by atoms with E-state index in [1.54, 1.807) is 14.2 Å². The summed E-state index contributed by atoms with van der Waals surface area (Å²) in [5.74, 6) is 3.04. The molecule has 1 heterocycles. The van der Waals surface area contributed by atoms with Gasteiger partial charge >= 0.3 is 0 Å². The van der Waals surface area contributed by atoms with E-state index in [1.165, 1.54) is 25.7 Å². The van der Waals surface area contributed by atoms with E-state index in [0.29, 0.717) is 12.0 Å². The Labute approximate surface area is 171 Å². The number of rotatable bonds is 7. The highest BCUT2D eigenvalue weighted by molar-refractivity contribution is 5.67. The largest absolute Gasteiger partial charge is 0.497 e. The first kappa shape index (κ1) is 19.1. The molecule has 0 radical (unpaired) electrons. The lowest BCUT2D eigenvalue weighted by atomic mass is 10.1. The van der Waals surface area contributed by atoms with E-state index >= 15 is 0 Å². The van der Waals surface area contributed by atoms with Gasteiger partial charge in [0.25, 0.3) is 0 Å². The molecule has 29 heavy (non-hydrogen) atoms. The van der Waals surface area contributed by atoms with Gasteiger partial charge in [0.05, 0.1) is 19.9 Å². The molecule has 2 aromatic carbocycles. The summed E-state index contributed by atoms with van der Waals surface area (Å²) in [6, 6.07) is 18.1. The second-order valence-corrected chi connectivity index (χ2v) is 7.17. The van der Waals surface area contributed by atoms with Crippen LogP contribution in [0.5, 0.6) is 11.5 Å². The third-order valence-corrected chi connectivity index (χ3v) is 5.17. The lowest BCUT2D eigenvalue weighted by Crippen LogP contribution is -2.16. The van der Waals surface area contributed by atoms with Crippen LogP contribution in [0.15, 0.2) is 54.6 Å². The molecule has 0 unspecified atom stereocenters. The van der Waals surface area contributed by atoms with Crippen LogP contribution < -0.4 is 20.1 Å². The minimum atomic E-state index is 0.474.